The molecule has 2 aromatic carbocycles. The van der Waals surface area contributed by atoms with E-state index in [1.54, 1.807) is 65.6 Å². The van der Waals surface area contributed by atoms with Crippen LogP contribution in [-0.4, -0.2) is 51.3 Å². The Bertz CT molecular complexity index is 1750. The van der Waals surface area contributed by atoms with Crippen LogP contribution in [0.1, 0.15) is 68.3 Å². The van der Waals surface area contributed by atoms with Crippen LogP contribution in [0.5, 0.6) is 17.4 Å². The Labute approximate surface area is 264 Å². The number of pyridine rings is 2. The Morgan fingerprint density at radius 1 is 0.826 bits per heavy atom. The van der Waals surface area contributed by atoms with Crippen molar-refractivity contribution in [2.24, 2.45) is 5.92 Å². The molecule has 0 aliphatic carbocycles. The summed E-state index contributed by atoms with van der Waals surface area (Å²) in [5.74, 6) is 0.125. The summed E-state index contributed by atoms with van der Waals surface area (Å²) in [5, 5.41) is 2.74. The van der Waals surface area contributed by atoms with E-state index in [2.05, 4.69) is 15.3 Å². The third-order valence-corrected chi connectivity index (χ3v) is 7.46. The summed E-state index contributed by atoms with van der Waals surface area (Å²) in [6.45, 7) is 3.79. The minimum Gasteiger partial charge on any atom is -0.439 e. The number of carbonyl (C=O) groups excluding carboxylic acids is 4. The fourth-order valence-corrected chi connectivity index (χ4v) is 4.85. The summed E-state index contributed by atoms with van der Waals surface area (Å²) in [5.41, 5.74) is 1.98. The van der Waals surface area contributed by atoms with Gasteiger partial charge in [0.1, 0.15) is 17.2 Å². The van der Waals surface area contributed by atoms with Crippen molar-refractivity contribution < 1.29 is 33.0 Å². The van der Waals surface area contributed by atoms with Crippen LogP contribution in [0.25, 0.3) is 0 Å². The number of carbonyl (C=O) groups is 4. The largest absolute Gasteiger partial charge is 0.439 e. The van der Waals surface area contributed by atoms with E-state index in [0.29, 0.717) is 60.1 Å². The maximum atomic E-state index is 13.3. The molecule has 4 aromatic rings. The SMILES string of the molecule is C/C=C(\F)Oc1ccc(C(=O)C2CCN(C(=O)c3ccc(C(=O)Nc4ccc(Oc5ccc(C(C)=O)cc5)nc4)cn3)CC2)cc1. The van der Waals surface area contributed by atoms with Crippen molar-refractivity contribution in [1.29, 1.82) is 0 Å². The Kier molecular flexibility index (Phi) is 9.91. The van der Waals surface area contributed by atoms with E-state index in [0.717, 1.165) is 0 Å². The van der Waals surface area contributed by atoms with E-state index in [4.69, 9.17) is 9.47 Å². The molecule has 5 rings (SSSR count). The number of nitrogens with zero attached hydrogens (tertiary/aromatic N) is 3. The maximum absolute atomic E-state index is 13.3. The summed E-state index contributed by atoms with van der Waals surface area (Å²) in [6, 6.07) is 18.6. The van der Waals surface area contributed by atoms with Gasteiger partial charge in [0.05, 0.1) is 17.4 Å². The number of aromatic nitrogens is 2. The smallest absolute Gasteiger partial charge is 0.273 e. The average Bonchev–Trinajstić information content (AvgIpc) is 3.09. The van der Waals surface area contributed by atoms with Crippen LogP contribution in [-0.2, 0) is 0 Å². The molecule has 0 bridgehead atoms. The fourth-order valence-electron chi connectivity index (χ4n) is 4.85. The number of likely N-dealkylation sites (tertiary alicyclic amines) is 1. The molecule has 1 N–H and O–H groups in total. The number of benzene rings is 2. The van der Waals surface area contributed by atoms with Crippen molar-refractivity contribution in [3.63, 3.8) is 0 Å². The fraction of sp³-hybridized carbons (Fsp3) is 0.200. The van der Waals surface area contributed by atoms with Crippen LogP contribution in [0.15, 0.2) is 97.3 Å². The number of Topliss-reactive ketones (excluding diaryl/α,β-unsaturated/α-hetero) is 2. The summed E-state index contributed by atoms with van der Waals surface area (Å²) in [7, 11) is 0. The molecule has 0 unspecified atom stereocenters. The van der Waals surface area contributed by atoms with Gasteiger partial charge in [-0.25, -0.2) is 4.98 Å². The number of hydrogen-bond acceptors (Lipinski definition) is 8. The molecule has 2 amide bonds. The van der Waals surface area contributed by atoms with Crippen LogP contribution in [0.4, 0.5) is 10.1 Å². The zero-order chi connectivity index (χ0) is 32.6. The molecule has 234 valence electrons. The summed E-state index contributed by atoms with van der Waals surface area (Å²) in [6.07, 6.45) is 4.99. The van der Waals surface area contributed by atoms with Gasteiger partial charge in [0.15, 0.2) is 11.6 Å². The van der Waals surface area contributed by atoms with E-state index in [9.17, 15) is 23.6 Å². The van der Waals surface area contributed by atoms with Crippen LogP contribution >= 0.6 is 0 Å². The number of anilines is 1. The van der Waals surface area contributed by atoms with Gasteiger partial charge in [-0.1, -0.05) is 0 Å². The molecule has 1 saturated heterocycles. The molecule has 3 heterocycles. The van der Waals surface area contributed by atoms with Gasteiger partial charge in [-0.3, -0.25) is 24.2 Å². The molecule has 0 spiro atoms. The van der Waals surface area contributed by atoms with Gasteiger partial charge < -0.3 is 19.7 Å². The standard InChI is InChI=1S/C35H31FN4O6/c1-3-31(36)45-28-12-6-24(7-13-28)33(42)25-16-18-40(19-17-25)35(44)30-14-8-26(20-37-30)34(43)39-27-9-15-32(38-21-27)46-29-10-4-23(5-11-29)22(2)41/h3-15,20-21,25H,16-19H2,1-2H3,(H,39,43)/b31-3+. The van der Waals surface area contributed by atoms with Crippen molar-refractivity contribution in [2.45, 2.75) is 26.7 Å². The van der Waals surface area contributed by atoms with Gasteiger partial charge in [-0.15, -0.1) is 0 Å². The van der Waals surface area contributed by atoms with Gasteiger partial charge in [0, 0.05) is 42.4 Å². The van der Waals surface area contributed by atoms with Gasteiger partial charge in [-0.05, 0) is 99.5 Å². The molecule has 0 saturated carbocycles. The molecule has 10 nitrogen and oxygen atoms in total. The second-order valence-corrected chi connectivity index (χ2v) is 10.6. The number of piperidine rings is 1. The predicted molar refractivity (Wildman–Crippen MR) is 168 cm³/mol. The minimum absolute atomic E-state index is 0.0311. The van der Waals surface area contributed by atoms with E-state index >= 15 is 0 Å². The van der Waals surface area contributed by atoms with Crippen LogP contribution < -0.4 is 14.8 Å². The first-order valence-electron chi connectivity index (χ1n) is 14.7. The lowest BCUT2D eigenvalue weighted by Gasteiger charge is -2.31. The Morgan fingerprint density at radius 2 is 1.48 bits per heavy atom. The number of ether oxygens (including phenoxy) is 2. The molecule has 1 fully saturated rings. The highest BCUT2D eigenvalue weighted by Gasteiger charge is 2.29. The van der Waals surface area contributed by atoms with Crippen molar-refractivity contribution in [3.8, 4) is 17.4 Å². The first kappa shape index (κ1) is 31.7. The second-order valence-electron chi connectivity index (χ2n) is 10.6. The first-order valence-corrected chi connectivity index (χ1v) is 14.7. The zero-order valence-corrected chi connectivity index (χ0v) is 25.2. The molecule has 2 aromatic heterocycles. The summed E-state index contributed by atoms with van der Waals surface area (Å²) < 4.78 is 24.0. The lowest BCUT2D eigenvalue weighted by molar-refractivity contribution is 0.0645. The topological polar surface area (TPSA) is 128 Å². The summed E-state index contributed by atoms with van der Waals surface area (Å²) >= 11 is 0. The number of amides is 2. The monoisotopic (exact) mass is 622 g/mol. The van der Waals surface area contributed by atoms with E-state index < -0.39 is 11.9 Å². The van der Waals surface area contributed by atoms with Gasteiger partial charge in [-0.2, -0.15) is 4.39 Å². The summed E-state index contributed by atoms with van der Waals surface area (Å²) in [4.78, 5) is 60.3. The van der Waals surface area contributed by atoms with Crippen molar-refractivity contribution in [3.05, 3.63) is 120 Å². The minimum atomic E-state index is -0.717. The molecule has 46 heavy (non-hydrogen) atoms. The first-order chi connectivity index (χ1) is 22.2. The van der Waals surface area contributed by atoms with Crippen LogP contribution in [0.3, 0.4) is 0 Å². The Morgan fingerprint density at radius 3 is 2.07 bits per heavy atom. The third kappa shape index (κ3) is 7.86. The third-order valence-electron chi connectivity index (χ3n) is 7.46. The van der Waals surface area contributed by atoms with Crippen LogP contribution in [0.2, 0.25) is 0 Å². The van der Waals surface area contributed by atoms with Crippen LogP contribution in [0, 0.1) is 5.92 Å². The Balaban J connectivity index is 1.10. The average molecular weight is 623 g/mol. The van der Waals surface area contributed by atoms with Gasteiger partial charge in [0.25, 0.3) is 17.8 Å². The molecule has 1 aliphatic heterocycles. The number of halogens is 1. The molecule has 0 radical (unpaired) electrons. The second kappa shape index (κ2) is 14.4. The van der Waals surface area contributed by atoms with Crippen molar-refractivity contribution >= 4 is 29.1 Å². The predicted octanol–water partition coefficient (Wildman–Crippen LogP) is 6.67. The molecular formula is C35H31FN4O6. The number of nitrogens with one attached hydrogen (secondary N) is 1. The van der Waals surface area contributed by atoms with E-state index in [1.807, 2.05) is 0 Å². The maximum Gasteiger partial charge on any atom is 0.273 e. The molecule has 11 heteroatoms. The van der Waals surface area contributed by atoms with E-state index in [-0.39, 0.29) is 34.6 Å². The number of rotatable bonds is 10. The van der Waals surface area contributed by atoms with Crippen molar-refractivity contribution in [2.75, 3.05) is 18.4 Å². The quantitative estimate of drug-likeness (QED) is 0.154. The van der Waals surface area contributed by atoms with E-state index in [1.165, 1.54) is 44.4 Å². The Hall–Kier alpha value is -5.71. The normalized spacial score (nSPS) is 13.5. The lowest BCUT2D eigenvalue weighted by Crippen LogP contribution is -2.40. The molecule has 0 atom stereocenters. The highest BCUT2D eigenvalue weighted by molar-refractivity contribution is 6.04. The number of hydrogen-bond donors (Lipinski definition) is 1. The lowest BCUT2D eigenvalue weighted by atomic mass is 9.88. The highest BCUT2D eigenvalue weighted by atomic mass is 19.1. The molecule has 1 aliphatic rings. The molecular weight excluding hydrogens is 591 g/mol. The number of ketones is 2. The van der Waals surface area contributed by atoms with Gasteiger partial charge in [0.2, 0.25) is 5.88 Å². The van der Waals surface area contributed by atoms with Crippen molar-refractivity contribution in [1.82, 2.24) is 14.9 Å². The number of allylic oxidation sites excluding steroid dienone is 1. The van der Waals surface area contributed by atoms with Gasteiger partial charge >= 0.3 is 0 Å². The zero-order valence-electron chi connectivity index (χ0n) is 25.2. The highest BCUT2D eigenvalue weighted by Crippen LogP contribution is 2.25.